The Morgan fingerprint density at radius 3 is 2.47 bits per heavy atom. The maximum Gasteiger partial charge on any atom is 0.407 e. The Kier molecular flexibility index (Phi) is 5.54. The lowest BCUT2D eigenvalue weighted by molar-refractivity contribution is -0.253. The van der Waals surface area contributed by atoms with E-state index >= 15 is 0 Å². The summed E-state index contributed by atoms with van der Waals surface area (Å²) >= 11 is 0. The van der Waals surface area contributed by atoms with Crippen LogP contribution in [0.4, 0.5) is 0 Å². The molecule has 0 N–H and O–H groups in total. The van der Waals surface area contributed by atoms with Crippen molar-refractivity contribution in [2.45, 2.75) is 0 Å². The molecule has 0 radical (unpaired) electrons. The van der Waals surface area contributed by atoms with Gasteiger partial charge in [-0.25, -0.2) is 4.79 Å². The molecule has 0 unspecified atom stereocenters. The van der Waals surface area contributed by atoms with Crippen molar-refractivity contribution in [2.24, 2.45) is 0 Å². The Morgan fingerprint density at radius 1 is 1.18 bits per heavy atom. The smallest absolute Gasteiger partial charge is 0.407 e. The van der Waals surface area contributed by atoms with E-state index in [4.69, 9.17) is 4.74 Å². The fourth-order valence-corrected chi connectivity index (χ4v) is 1.15. The van der Waals surface area contributed by atoms with Crippen LogP contribution in [-0.2, 0) is 19.3 Å². The van der Waals surface area contributed by atoms with Gasteiger partial charge in [0, 0.05) is 0 Å². The van der Waals surface area contributed by atoms with Crippen molar-refractivity contribution in [3.63, 3.8) is 0 Å². The molecule has 0 aliphatic carbocycles. The molecule has 90 valence electrons. The molecular formula is C13H14O4. The summed E-state index contributed by atoms with van der Waals surface area (Å²) in [5.41, 5.74) is 1.03. The van der Waals surface area contributed by atoms with Gasteiger partial charge in [0.2, 0.25) is 5.76 Å². The standard InChI is InChI=1S/C13H14O4/c1-15-12(13(14)17-16-2)10-6-9-11-7-4-3-5-8-11/h3-10H,1-2H3. The number of carbonyl (C=O) groups is 1. The minimum atomic E-state index is -0.673. The number of hydrogen-bond acceptors (Lipinski definition) is 4. The van der Waals surface area contributed by atoms with E-state index in [1.807, 2.05) is 36.4 Å². The van der Waals surface area contributed by atoms with Crippen molar-refractivity contribution in [2.75, 3.05) is 14.2 Å². The van der Waals surface area contributed by atoms with Crippen molar-refractivity contribution in [1.82, 2.24) is 0 Å². The van der Waals surface area contributed by atoms with Gasteiger partial charge in [0.05, 0.1) is 14.2 Å². The molecule has 0 aromatic heterocycles. The highest BCUT2D eigenvalue weighted by molar-refractivity contribution is 5.86. The topological polar surface area (TPSA) is 44.8 Å². The average Bonchev–Trinajstić information content (AvgIpc) is 2.36. The van der Waals surface area contributed by atoms with Crippen molar-refractivity contribution >= 4 is 12.0 Å². The van der Waals surface area contributed by atoms with Crippen LogP contribution in [0.2, 0.25) is 0 Å². The van der Waals surface area contributed by atoms with Gasteiger partial charge in [-0.2, -0.15) is 4.89 Å². The third kappa shape index (κ3) is 4.53. The lowest BCUT2D eigenvalue weighted by atomic mass is 10.2. The number of allylic oxidation sites excluding steroid dienone is 2. The Bertz CT molecular complexity index is 407. The van der Waals surface area contributed by atoms with Crippen molar-refractivity contribution in [1.29, 1.82) is 0 Å². The van der Waals surface area contributed by atoms with E-state index in [-0.39, 0.29) is 5.76 Å². The third-order valence-corrected chi connectivity index (χ3v) is 1.92. The summed E-state index contributed by atoms with van der Waals surface area (Å²) in [6, 6.07) is 9.69. The van der Waals surface area contributed by atoms with Crippen LogP contribution in [0.15, 0.2) is 48.2 Å². The summed E-state index contributed by atoms with van der Waals surface area (Å²) in [5.74, 6) is -0.605. The van der Waals surface area contributed by atoms with E-state index in [1.54, 1.807) is 6.08 Å². The van der Waals surface area contributed by atoms with Gasteiger partial charge in [0.15, 0.2) is 0 Å². The quantitative estimate of drug-likeness (QED) is 0.258. The molecular weight excluding hydrogens is 220 g/mol. The number of carbonyl (C=O) groups excluding carboxylic acids is 1. The normalized spacial score (nSPS) is 11.5. The molecule has 0 bridgehead atoms. The molecule has 0 fully saturated rings. The maximum atomic E-state index is 11.2. The summed E-state index contributed by atoms with van der Waals surface area (Å²) in [6.07, 6.45) is 5.05. The maximum absolute atomic E-state index is 11.2. The number of rotatable bonds is 5. The summed E-state index contributed by atoms with van der Waals surface area (Å²) in [7, 11) is 2.64. The van der Waals surface area contributed by atoms with E-state index in [2.05, 4.69) is 9.78 Å². The van der Waals surface area contributed by atoms with Gasteiger partial charge in [0.25, 0.3) is 0 Å². The number of ether oxygens (including phenoxy) is 1. The van der Waals surface area contributed by atoms with Gasteiger partial charge in [-0.15, -0.1) is 0 Å². The highest BCUT2D eigenvalue weighted by atomic mass is 17.2. The van der Waals surface area contributed by atoms with Crippen LogP contribution in [0.5, 0.6) is 0 Å². The fourth-order valence-electron chi connectivity index (χ4n) is 1.15. The van der Waals surface area contributed by atoms with Crippen molar-refractivity contribution in [3.8, 4) is 0 Å². The highest BCUT2D eigenvalue weighted by Gasteiger charge is 2.10. The molecule has 1 aromatic carbocycles. The zero-order chi connectivity index (χ0) is 12.5. The molecule has 0 saturated carbocycles. The lowest BCUT2D eigenvalue weighted by Crippen LogP contribution is -2.08. The lowest BCUT2D eigenvalue weighted by Gasteiger charge is -2.01. The summed E-state index contributed by atoms with van der Waals surface area (Å²) in [4.78, 5) is 19.8. The molecule has 1 aromatic rings. The molecule has 0 aliphatic heterocycles. The molecule has 0 saturated heterocycles. The summed E-state index contributed by atoms with van der Waals surface area (Å²) < 4.78 is 4.86. The van der Waals surface area contributed by atoms with Crippen LogP contribution in [0.1, 0.15) is 5.56 Å². The molecule has 4 heteroatoms. The highest BCUT2D eigenvalue weighted by Crippen LogP contribution is 2.04. The molecule has 4 nitrogen and oxygen atoms in total. The SMILES string of the molecule is COOC(=O)C(=CC=Cc1ccccc1)OC. The Hall–Kier alpha value is -2.07. The van der Waals surface area contributed by atoms with Crippen LogP contribution < -0.4 is 0 Å². The zero-order valence-corrected chi connectivity index (χ0v) is 9.75. The molecule has 0 aliphatic rings. The average molecular weight is 234 g/mol. The summed E-state index contributed by atoms with van der Waals surface area (Å²) in [6.45, 7) is 0. The van der Waals surface area contributed by atoms with Gasteiger partial charge < -0.3 is 4.74 Å². The second-order valence-corrected chi connectivity index (χ2v) is 3.04. The molecule has 1 rings (SSSR count). The predicted molar refractivity (Wildman–Crippen MR) is 63.7 cm³/mol. The second kappa shape index (κ2) is 7.24. The summed E-state index contributed by atoms with van der Waals surface area (Å²) in [5, 5.41) is 0. The molecule has 0 amide bonds. The van der Waals surface area contributed by atoms with Gasteiger partial charge in [-0.05, 0) is 11.6 Å². The fraction of sp³-hybridized carbons (Fsp3) is 0.154. The van der Waals surface area contributed by atoms with Gasteiger partial charge in [-0.3, -0.25) is 4.89 Å². The van der Waals surface area contributed by atoms with Crippen LogP contribution in [-0.4, -0.2) is 20.2 Å². The Labute approximate surface area is 100 Å². The van der Waals surface area contributed by atoms with Gasteiger partial charge >= 0.3 is 5.97 Å². The van der Waals surface area contributed by atoms with E-state index in [1.165, 1.54) is 20.3 Å². The van der Waals surface area contributed by atoms with Gasteiger partial charge in [0.1, 0.15) is 0 Å². The van der Waals surface area contributed by atoms with Crippen LogP contribution in [0, 0.1) is 0 Å². The van der Waals surface area contributed by atoms with E-state index in [0.717, 1.165) is 5.56 Å². The first-order valence-corrected chi connectivity index (χ1v) is 5.00. The predicted octanol–water partition coefficient (Wildman–Crippen LogP) is 2.33. The van der Waals surface area contributed by atoms with E-state index < -0.39 is 5.97 Å². The monoisotopic (exact) mass is 234 g/mol. The zero-order valence-electron chi connectivity index (χ0n) is 9.75. The van der Waals surface area contributed by atoms with Crippen LogP contribution >= 0.6 is 0 Å². The molecule has 0 heterocycles. The van der Waals surface area contributed by atoms with Crippen molar-refractivity contribution in [3.05, 3.63) is 53.8 Å². The number of hydrogen-bond donors (Lipinski definition) is 0. The largest absolute Gasteiger partial charge is 0.490 e. The second-order valence-electron chi connectivity index (χ2n) is 3.04. The minimum Gasteiger partial charge on any atom is -0.490 e. The first-order chi connectivity index (χ1) is 8.27. The number of methoxy groups -OCH3 is 1. The van der Waals surface area contributed by atoms with E-state index in [9.17, 15) is 4.79 Å². The first kappa shape index (κ1) is 13.0. The van der Waals surface area contributed by atoms with Crippen molar-refractivity contribution < 1.29 is 19.3 Å². The molecule has 0 spiro atoms. The Balaban J connectivity index is 2.67. The number of benzene rings is 1. The molecule has 17 heavy (non-hydrogen) atoms. The van der Waals surface area contributed by atoms with Crippen LogP contribution in [0.25, 0.3) is 6.08 Å². The molecule has 0 atom stereocenters. The minimum absolute atomic E-state index is 0.0685. The third-order valence-electron chi connectivity index (χ3n) is 1.92. The van der Waals surface area contributed by atoms with E-state index in [0.29, 0.717) is 0 Å². The Morgan fingerprint density at radius 2 is 1.88 bits per heavy atom. The first-order valence-electron chi connectivity index (χ1n) is 5.00. The van der Waals surface area contributed by atoms with Gasteiger partial charge in [-0.1, -0.05) is 42.5 Å². The van der Waals surface area contributed by atoms with Crippen LogP contribution in [0.3, 0.4) is 0 Å².